The van der Waals surface area contributed by atoms with Gasteiger partial charge in [-0.1, -0.05) is 29.4 Å². The lowest BCUT2D eigenvalue weighted by atomic mass is 10.2. The summed E-state index contributed by atoms with van der Waals surface area (Å²) in [5.74, 6) is 1.19. The second-order valence-corrected chi connectivity index (χ2v) is 7.27. The third-order valence-corrected chi connectivity index (χ3v) is 5.04. The van der Waals surface area contributed by atoms with E-state index in [1.54, 1.807) is 13.1 Å². The molecular formula is C18H17ClFN3O3S. The summed E-state index contributed by atoms with van der Waals surface area (Å²) in [6.45, 7) is 3.72. The summed E-state index contributed by atoms with van der Waals surface area (Å²) in [5.41, 5.74) is 1.01. The molecule has 0 saturated carbocycles. The molecule has 9 heteroatoms. The lowest BCUT2D eigenvalue weighted by molar-refractivity contribution is -0.127. The fraction of sp³-hybridized carbons (Fsp3) is 0.278. The van der Waals surface area contributed by atoms with Gasteiger partial charge in [-0.15, -0.1) is 10.2 Å². The van der Waals surface area contributed by atoms with Crippen LogP contribution in [0.1, 0.15) is 17.1 Å². The van der Waals surface area contributed by atoms with Crippen molar-refractivity contribution in [3.63, 3.8) is 0 Å². The van der Waals surface area contributed by atoms with Gasteiger partial charge in [-0.3, -0.25) is 4.79 Å². The predicted molar refractivity (Wildman–Crippen MR) is 100 cm³/mol. The van der Waals surface area contributed by atoms with E-state index in [0.717, 1.165) is 23.1 Å². The van der Waals surface area contributed by atoms with Crippen LogP contribution in [0.2, 0.25) is 5.02 Å². The summed E-state index contributed by atoms with van der Waals surface area (Å²) in [5, 5.41) is 8.48. The van der Waals surface area contributed by atoms with E-state index in [2.05, 4.69) is 10.2 Å². The molecule has 0 unspecified atom stereocenters. The highest BCUT2D eigenvalue weighted by Gasteiger charge is 2.18. The van der Waals surface area contributed by atoms with Crippen LogP contribution in [0.25, 0.3) is 11.5 Å². The molecular weight excluding hydrogens is 393 g/mol. The zero-order valence-corrected chi connectivity index (χ0v) is 16.5. The maximum absolute atomic E-state index is 13.9. The number of rotatable bonds is 6. The maximum atomic E-state index is 13.9. The molecule has 0 radical (unpaired) electrons. The standard InChI is InChI=1S/C18H17ClFN3O3S/c1-10-7-12(11(2)25-10)17-21-22-18(26-17)27-9-16(24)23(3)8-13-14(19)5-4-6-15(13)20/h4-7H,8-9H2,1-3H3. The number of carbonyl (C=O) groups is 1. The number of furan rings is 1. The molecule has 0 atom stereocenters. The summed E-state index contributed by atoms with van der Waals surface area (Å²) in [6.07, 6.45) is 0. The molecule has 1 aromatic carbocycles. The first-order chi connectivity index (χ1) is 12.8. The van der Waals surface area contributed by atoms with E-state index >= 15 is 0 Å². The summed E-state index contributed by atoms with van der Waals surface area (Å²) in [4.78, 5) is 13.7. The van der Waals surface area contributed by atoms with Gasteiger partial charge in [0, 0.05) is 24.2 Å². The van der Waals surface area contributed by atoms with Gasteiger partial charge in [0.15, 0.2) is 0 Å². The quantitative estimate of drug-likeness (QED) is 0.558. The summed E-state index contributed by atoms with van der Waals surface area (Å²) < 4.78 is 24.9. The minimum Gasteiger partial charge on any atom is -0.466 e. The van der Waals surface area contributed by atoms with E-state index in [1.165, 1.54) is 17.0 Å². The van der Waals surface area contributed by atoms with Gasteiger partial charge in [-0.2, -0.15) is 0 Å². The van der Waals surface area contributed by atoms with E-state index in [4.69, 9.17) is 20.4 Å². The van der Waals surface area contributed by atoms with Crippen LogP contribution < -0.4 is 0 Å². The van der Waals surface area contributed by atoms with E-state index in [1.807, 2.05) is 19.9 Å². The topological polar surface area (TPSA) is 72.4 Å². The number of carbonyl (C=O) groups excluding carboxylic acids is 1. The summed E-state index contributed by atoms with van der Waals surface area (Å²) >= 11 is 7.12. The van der Waals surface area contributed by atoms with Gasteiger partial charge in [0.1, 0.15) is 17.3 Å². The Labute approximate surface area is 164 Å². The molecule has 0 N–H and O–H groups in total. The molecule has 3 aromatic rings. The van der Waals surface area contributed by atoms with Crippen LogP contribution in [-0.4, -0.2) is 33.8 Å². The third kappa shape index (κ3) is 4.51. The molecule has 0 aliphatic heterocycles. The van der Waals surface area contributed by atoms with Gasteiger partial charge >= 0.3 is 0 Å². The molecule has 1 amide bonds. The smallest absolute Gasteiger partial charge is 0.277 e. The minimum atomic E-state index is -0.442. The van der Waals surface area contributed by atoms with Crippen molar-refractivity contribution in [2.75, 3.05) is 12.8 Å². The van der Waals surface area contributed by atoms with Crippen LogP contribution in [0.4, 0.5) is 4.39 Å². The Bertz CT molecular complexity index is 952. The van der Waals surface area contributed by atoms with Crippen molar-refractivity contribution in [3.05, 3.63) is 52.2 Å². The van der Waals surface area contributed by atoms with Gasteiger partial charge in [0.25, 0.3) is 11.1 Å². The lowest BCUT2D eigenvalue weighted by Gasteiger charge is -2.17. The van der Waals surface area contributed by atoms with Crippen LogP contribution in [-0.2, 0) is 11.3 Å². The van der Waals surface area contributed by atoms with Crippen molar-refractivity contribution in [2.45, 2.75) is 25.6 Å². The molecule has 0 saturated heterocycles. The number of aryl methyl sites for hydroxylation is 2. The fourth-order valence-electron chi connectivity index (χ4n) is 2.46. The summed E-state index contributed by atoms with van der Waals surface area (Å²) in [6, 6.07) is 6.24. The largest absolute Gasteiger partial charge is 0.466 e. The second-order valence-electron chi connectivity index (χ2n) is 5.94. The Hall–Kier alpha value is -2.32. The van der Waals surface area contributed by atoms with E-state index in [9.17, 15) is 9.18 Å². The van der Waals surface area contributed by atoms with Crippen molar-refractivity contribution in [1.82, 2.24) is 15.1 Å². The fourth-order valence-corrected chi connectivity index (χ4v) is 3.39. The van der Waals surface area contributed by atoms with Crippen molar-refractivity contribution >= 4 is 29.3 Å². The van der Waals surface area contributed by atoms with Crippen molar-refractivity contribution in [3.8, 4) is 11.5 Å². The second kappa shape index (κ2) is 8.14. The van der Waals surface area contributed by atoms with Gasteiger partial charge in [-0.25, -0.2) is 4.39 Å². The first kappa shape index (κ1) is 19.4. The molecule has 2 heterocycles. The number of aromatic nitrogens is 2. The molecule has 0 spiro atoms. The number of hydrogen-bond acceptors (Lipinski definition) is 6. The number of amides is 1. The Kier molecular flexibility index (Phi) is 5.86. The maximum Gasteiger partial charge on any atom is 0.277 e. The minimum absolute atomic E-state index is 0.0769. The number of nitrogens with zero attached hydrogens (tertiary/aromatic N) is 3. The molecule has 6 nitrogen and oxygen atoms in total. The van der Waals surface area contributed by atoms with Gasteiger partial charge in [0.05, 0.1) is 11.3 Å². The number of benzene rings is 1. The molecule has 0 bridgehead atoms. The first-order valence-corrected chi connectivity index (χ1v) is 9.42. The van der Waals surface area contributed by atoms with Crippen LogP contribution in [0, 0.1) is 19.7 Å². The van der Waals surface area contributed by atoms with Crippen molar-refractivity contribution in [1.29, 1.82) is 0 Å². The Morgan fingerprint density at radius 3 is 2.74 bits per heavy atom. The molecule has 0 fully saturated rings. The Morgan fingerprint density at radius 1 is 1.30 bits per heavy atom. The van der Waals surface area contributed by atoms with Crippen molar-refractivity contribution < 1.29 is 18.0 Å². The van der Waals surface area contributed by atoms with Gasteiger partial charge in [0.2, 0.25) is 5.91 Å². The highest BCUT2D eigenvalue weighted by atomic mass is 35.5. The monoisotopic (exact) mass is 409 g/mol. The van der Waals surface area contributed by atoms with E-state index in [0.29, 0.717) is 11.7 Å². The Balaban J connectivity index is 1.60. The molecule has 142 valence electrons. The first-order valence-electron chi connectivity index (χ1n) is 8.05. The number of halogens is 2. The van der Waals surface area contributed by atoms with Gasteiger partial charge < -0.3 is 13.7 Å². The van der Waals surface area contributed by atoms with Crippen LogP contribution >= 0.6 is 23.4 Å². The predicted octanol–water partition coefficient (Wildman–Crippen LogP) is 4.49. The van der Waals surface area contributed by atoms with Gasteiger partial charge in [-0.05, 0) is 32.0 Å². The summed E-state index contributed by atoms with van der Waals surface area (Å²) in [7, 11) is 1.59. The van der Waals surface area contributed by atoms with E-state index in [-0.39, 0.29) is 34.0 Å². The Morgan fingerprint density at radius 2 is 2.07 bits per heavy atom. The third-order valence-electron chi connectivity index (χ3n) is 3.88. The van der Waals surface area contributed by atoms with Crippen LogP contribution in [0.15, 0.2) is 38.3 Å². The SMILES string of the molecule is Cc1cc(-c2nnc(SCC(=O)N(C)Cc3c(F)cccc3Cl)o2)c(C)o1. The van der Waals surface area contributed by atoms with E-state index < -0.39 is 5.82 Å². The number of hydrogen-bond donors (Lipinski definition) is 0. The molecule has 0 aliphatic carbocycles. The molecule has 0 aliphatic rings. The lowest BCUT2D eigenvalue weighted by Crippen LogP contribution is -2.28. The zero-order valence-electron chi connectivity index (χ0n) is 15.0. The highest BCUT2D eigenvalue weighted by Crippen LogP contribution is 2.28. The zero-order chi connectivity index (χ0) is 19.6. The average Bonchev–Trinajstić information content (AvgIpc) is 3.21. The molecule has 27 heavy (non-hydrogen) atoms. The molecule has 3 rings (SSSR count). The van der Waals surface area contributed by atoms with Crippen LogP contribution in [0.5, 0.6) is 0 Å². The molecule has 2 aromatic heterocycles. The van der Waals surface area contributed by atoms with Crippen LogP contribution in [0.3, 0.4) is 0 Å². The number of thioether (sulfide) groups is 1. The normalized spacial score (nSPS) is 11.0. The highest BCUT2D eigenvalue weighted by molar-refractivity contribution is 7.99. The van der Waals surface area contributed by atoms with Crippen molar-refractivity contribution in [2.24, 2.45) is 0 Å². The average molecular weight is 410 g/mol.